The number of thiophene rings is 1. The van der Waals surface area contributed by atoms with Crippen LogP contribution in [0.2, 0.25) is 0 Å². The lowest BCUT2D eigenvalue weighted by Gasteiger charge is -2.27. The number of amides is 1. The van der Waals surface area contributed by atoms with Gasteiger partial charge < -0.3 is 10.2 Å². The molecule has 1 amide bonds. The molecular weight excluding hydrogens is 388 g/mol. The third-order valence-corrected chi connectivity index (χ3v) is 7.41. The number of aromatic nitrogens is 2. The molecule has 0 radical (unpaired) electrons. The molecule has 3 heterocycles. The van der Waals surface area contributed by atoms with E-state index in [1.807, 2.05) is 38.8 Å². The fourth-order valence-corrected chi connectivity index (χ4v) is 5.69. The second-order valence-corrected chi connectivity index (χ2v) is 9.63. The van der Waals surface area contributed by atoms with Crippen LogP contribution in [0.3, 0.4) is 0 Å². The second-order valence-electron chi connectivity index (χ2n) is 7.37. The first-order valence-electron chi connectivity index (χ1n) is 10.1. The van der Waals surface area contributed by atoms with E-state index >= 15 is 0 Å². The van der Waals surface area contributed by atoms with Crippen molar-refractivity contribution in [2.45, 2.75) is 38.3 Å². The van der Waals surface area contributed by atoms with Crippen molar-refractivity contribution < 1.29 is 4.79 Å². The standard InChI is InChI=1S/C21H28N4OS2/c1-2-9-25-19-6-5-16(22-8-7-17-4-3-12-28-17)15-18(19)20(23-25)21(26)24-10-13-27-14-11-24/h2-4,12,16,22H,1,5-11,13-15H2. The summed E-state index contributed by atoms with van der Waals surface area (Å²) in [5.74, 6) is 2.15. The van der Waals surface area contributed by atoms with Gasteiger partial charge in [-0.15, -0.1) is 17.9 Å². The van der Waals surface area contributed by atoms with Crippen LogP contribution in [-0.2, 0) is 25.8 Å². The van der Waals surface area contributed by atoms with Gasteiger partial charge in [-0.1, -0.05) is 12.1 Å². The van der Waals surface area contributed by atoms with Crippen molar-refractivity contribution >= 4 is 29.0 Å². The fraction of sp³-hybridized carbons (Fsp3) is 0.524. The molecule has 1 aliphatic carbocycles. The van der Waals surface area contributed by atoms with E-state index in [4.69, 9.17) is 5.10 Å². The number of nitrogens with one attached hydrogen (secondary N) is 1. The van der Waals surface area contributed by atoms with Crippen molar-refractivity contribution in [3.63, 3.8) is 0 Å². The van der Waals surface area contributed by atoms with E-state index in [2.05, 4.69) is 29.4 Å². The van der Waals surface area contributed by atoms with E-state index in [0.29, 0.717) is 18.3 Å². The molecule has 1 aliphatic heterocycles. The Bertz CT molecular complexity index is 809. The van der Waals surface area contributed by atoms with Crippen molar-refractivity contribution in [2.75, 3.05) is 31.1 Å². The van der Waals surface area contributed by atoms with Crippen LogP contribution in [-0.4, -0.2) is 57.8 Å². The van der Waals surface area contributed by atoms with E-state index in [1.54, 1.807) is 0 Å². The lowest BCUT2D eigenvalue weighted by atomic mass is 9.91. The van der Waals surface area contributed by atoms with Gasteiger partial charge in [-0.2, -0.15) is 16.9 Å². The summed E-state index contributed by atoms with van der Waals surface area (Å²) >= 11 is 3.73. The van der Waals surface area contributed by atoms with Crippen molar-refractivity contribution in [3.05, 3.63) is 52.0 Å². The molecule has 150 valence electrons. The molecule has 4 rings (SSSR count). The van der Waals surface area contributed by atoms with Crippen LogP contribution in [0, 0.1) is 0 Å². The smallest absolute Gasteiger partial charge is 0.274 e. The molecule has 1 fully saturated rings. The highest BCUT2D eigenvalue weighted by molar-refractivity contribution is 7.99. The van der Waals surface area contributed by atoms with Crippen LogP contribution in [0.25, 0.3) is 0 Å². The van der Waals surface area contributed by atoms with Crippen LogP contribution >= 0.6 is 23.1 Å². The van der Waals surface area contributed by atoms with Gasteiger partial charge in [0.2, 0.25) is 0 Å². The molecular formula is C21H28N4OS2. The van der Waals surface area contributed by atoms with Crippen LogP contribution in [0.4, 0.5) is 0 Å². The van der Waals surface area contributed by atoms with Gasteiger partial charge in [0.05, 0.1) is 6.54 Å². The quantitative estimate of drug-likeness (QED) is 0.705. The Kier molecular flexibility index (Phi) is 6.54. The molecule has 0 bridgehead atoms. The first kappa shape index (κ1) is 19.7. The molecule has 0 spiro atoms. The van der Waals surface area contributed by atoms with E-state index in [1.165, 1.54) is 10.6 Å². The molecule has 7 heteroatoms. The maximum Gasteiger partial charge on any atom is 0.274 e. The number of hydrogen-bond donors (Lipinski definition) is 1. The normalized spacial score (nSPS) is 19.4. The average molecular weight is 417 g/mol. The van der Waals surface area contributed by atoms with Crippen molar-refractivity contribution in [1.29, 1.82) is 0 Å². The molecule has 5 nitrogen and oxygen atoms in total. The second kappa shape index (κ2) is 9.29. The van der Waals surface area contributed by atoms with E-state index in [9.17, 15) is 4.79 Å². The van der Waals surface area contributed by atoms with Crippen LogP contribution < -0.4 is 5.32 Å². The highest BCUT2D eigenvalue weighted by Crippen LogP contribution is 2.27. The van der Waals surface area contributed by atoms with Gasteiger partial charge in [-0.3, -0.25) is 9.48 Å². The van der Waals surface area contributed by atoms with Gasteiger partial charge >= 0.3 is 0 Å². The van der Waals surface area contributed by atoms with Gasteiger partial charge in [-0.25, -0.2) is 0 Å². The predicted molar refractivity (Wildman–Crippen MR) is 117 cm³/mol. The third-order valence-electron chi connectivity index (χ3n) is 5.53. The van der Waals surface area contributed by atoms with Crippen molar-refractivity contribution in [2.24, 2.45) is 0 Å². The summed E-state index contributed by atoms with van der Waals surface area (Å²) in [5, 5.41) is 10.6. The Morgan fingerprint density at radius 2 is 2.25 bits per heavy atom. The van der Waals surface area contributed by atoms with Crippen LogP contribution in [0.5, 0.6) is 0 Å². The Labute approximate surface area is 175 Å². The van der Waals surface area contributed by atoms with Gasteiger partial charge in [0.15, 0.2) is 5.69 Å². The Balaban J connectivity index is 1.47. The van der Waals surface area contributed by atoms with E-state index < -0.39 is 0 Å². The Hall–Kier alpha value is -1.57. The first-order chi connectivity index (χ1) is 13.8. The summed E-state index contributed by atoms with van der Waals surface area (Å²) in [4.78, 5) is 16.6. The summed E-state index contributed by atoms with van der Waals surface area (Å²) in [6, 6.07) is 4.72. The number of thioether (sulfide) groups is 1. The lowest BCUT2D eigenvalue weighted by molar-refractivity contribution is 0.0764. The Morgan fingerprint density at radius 3 is 3.00 bits per heavy atom. The maximum atomic E-state index is 13.2. The van der Waals surface area contributed by atoms with Gasteiger partial charge in [0.1, 0.15) is 0 Å². The van der Waals surface area contributed by atoms with Crippen molar-refractivity contribution in [1.82, 2.24) is 20.0 Å². The van der Waals surface area contributed by atoms with Crippen LogP contribution in [0.15, 0.2) is 30.2 Å². The third kappa shape index (κ3) is 4.36. The Morgan fingerprint density at radius 1 is 1.39 bits per heavy atom. The number of rotatable bonds is 7. The number of nitrogens with zero attached hydrogens (tertiary/aromatic N) is 3. The zero-order chi connectivity index (χ0) is 19.3. The molecule has 0 saturated carbocycles. The average Bonchev–Trinajstić information content (AvgIpc) is 3.37. The fourth-order valence-electron chi connectivity index (χ4n) is 4.08. The highest BCUT2D eigenvalue weighted by Gasteiger charge is 2.31. The number of hydrogen-bond acceptors (Lipinski definition) is 5. The predicted octanol–water partition coefficient (Wildman–Crippen LogP) is 3.01. The number of carbonyl (C=O) groups excluding carboxylic acids is 1. The summed E-state index contributed by atoms with van der Waals surface area (Å²) in [6.07, 6.45) is 5.88. The summed E-state index contributed by atoms with van der Waals surface area (Å²) in [5.41, 5.74) is 3.06. The number of allylic oxidation sites excluding steroid dienone is 1. The summed E-state index contributed by atoms with van der Waals surface area (Å²) < 4.78 is 2.00. The minimum atomic E-state index is 0.110. The summed E-state index contributed by atoms with van der Waals surface area (Å²) in [7, 11) is 0. The molecule has 1 atom stereocenters. The number of carbonyl (C=O) groups is 1. The largest absolute Gasteiger partial charge is 0.336 e. The first-order valence-corrected chi connectivity index (χ1v) is 12.1. The maximum absolute atomic E-state index is 13.2. The lowest BCUT2D eigenvalue weighted by Crippen LogP contribution is -2.40. The molecule has 28 heavy (non-hydrogen) atoms. The van der Waals surface area contributed by atoms with Gasteiger partial charge in [0, 0.05) is 53.3 Å². The highest BCUT2D eigenvalue weighted by atomic mass is 32.2. The molecule has 2 aromatic heterocycles. The van der Waals surface area contributed by atoms with Crippen LogP contribution in [0.1, 0.15) is 33.0 Å². The molecule has 1 unspecified atom stereocenters. The molecule has 1 saturated heterocycles. The minimum absolute atomic E-state index is 0.110. The van der Waals surface area contributed by atoms with Gasteiger partial charge in [-0.05, 0) is 37.1 Å². The minimum Gasteiger partial charge on any atom is -0.336 e. The molecule has 0 aromatic carbocycles. The molecule has 1 N–H and O–H groups in total. The zero-order valence-electron chi connectivity index (χ0n) is 16.2. The van der Waals surface area contributed by atoms with Crippen molar-refractivity contribution in [3.8, 4) is 0 Å². The van der Waals surface area contributed by atoms with Gasteiger partial charge in [0.25, 0.3) is 5.91 Å². The van der Waals surface area contributed by atoms with E-state index in [-0.39, 0.29) is 5.91 Å². The molecule has 2 aromatic rings. The number of fused-ring (bicyclic) bond motifs is 1. The monoisotopic (exact) mass is 416 g/mol. The molecule has 2 aliphatic rings. The van der Waals surface area contributed by atoms with E-state index in [0.717, 1.165) is 62.4 Å². The zero-order valence-corrected chi connectivity index (χ0v) is 17.9. The SMILES string of the molecule is C=CCn1nc(C(=O)N2CCSCC2)c2c1CCC(NCCc1cccs1)C2. The summed E-state index contributed by atoms with van der Waals surface area (Å²) in [6.45, 7) is 7.16. The topological polar surface area (TPSA) is 50.2 Å².